The zero-order chi connectivity index (χ0) is 21.7. The van der Waals surface area contributed by atoms with E-state index < -0.39 is 0 Å². The van der Waals surface area contributed by atoms with Crippen LogP contribution in [0, 0.1) is 5.92 Å². The standard InChI is InChI=1S/C26H39NO3/c1-6-30-25-16-21(15-24(29-5)26(25)20-8-7-9-20)22-14-23(27(17-22)10-11-28)13-19(4)12-18(2)3/h11-12,15-16,19-20,22-23H,6-10,13-14,17H2,1-5H3/t19-,22?,23?/m1/s1. The fourth-order valence-corrected chi connectivity index (χ4v) is 5.26. The van der Waals surface area contributed by atoms with Crippen LogP contribution < -0.4 is 9.47 Å². The summed E-state index contributed by atoms with van der Waals surface area (Å²) >= 11 is 0. The van der Waals surface area contributed by atoms with E-state index in [2.05, 4.69) is 43.9 Å². The third-order valence-corrected chi connectivity index (χ3v) is 6.73. The lowest BCUT2D eigenvalue weighted by Crippen LogP contribution is -2.32. The SMILES string of the molecule is CCOc1cc(C2CC(C[C@H](C)C=C(C)C)N(CC=O)C2)cc(OC)c1C1CCC1. The van der Waals surface area contributed by atoms with Gasteiger partial charge in [0.1, 0.15) is 17.8 Å². The van der Waals surface area contributed by atoms with Crippen molar-refractivity contribution in [2.45, 2.75) is 77.7 Å². The maximum Gasteiger partial charge on any atom is 0.133 e. The van der Waals surface area contributed by atoms with E-state index in [4.69, 9.17) is 9.47 Å². The fourth-order valence-electron chi connectivity index (χ4n) is 5.26. The van der Waals surface area contributed by atoms with Crippen molar-refractivity contribution in [3.05, 3.63) is 34.9 Å². The summed E-state index contributed by atoms with van der Waals surface area (Å²) in [6.45, 7) is 10.7. The first-order chi connectivity index (χ1) is 14.5. The van der Waals surface area contributed by atoms with Crippen molar-refractivity contribution in [3.63, 3.8) is 0 Å². The summed E-state index contributed by atoms with van der Waals surface area (Å²) < 4.78 is 11.9. The Morgan fingerprint density at radius 2 is 1.97 bits per heavy atom. The van der Waals surface area contributed by atoms with Gasteiger partial charge in [-0.3, -0.25) is 4.90 Å². The van der Waals surface area contributed by atoms with E-state index in [1.54, 1.807) is 7.11 Å². The lowest BCUT2D eigenvalue weighted by molar-refractivity contribution is -0.109. The van der Waals surface area contributed by atoms with Crippen LogP contribution >= 0.6 is 0 Å². The first kappa shape index (κ1) is 22.9. The van der Waals surface area contributed by atoms with Crippen LogP contribution in [0.5, 0.6) is 11.5 Å². The van der Waals surface area contributed by atoms with Crippen molar-refractivity contribution >= 4 is 6.29 Å². The molecule has 1 aliphatic heterocycles. The van der Waals surface area contributed by atoms with Gasteiger partial charge in [0, 0.05) is 18.2 Å². The normalized spacial score (nSPS) is 23.0. The minimum Gasteiger partial charge on any atom is -0.496 e. The van der Waals surface area contributed by atoms with Gasteiger partial charge in [-0.25, -0.2) is 0 Å². The Morgan fingerprint density at radius 3 is 2.53 bits per heavy atom. The molecule has 0 N–H and O–H groups in total. The van der Waals surface area contributed by atoms with E-state index in [1.807, 2.05) is 6.92 Å². The number of hydrogen-bond donors (Lipinski definition) is 0. The van der Waals surface area contributed by atoms with Crippen LogP contribution in [0.4, 0.5) is 0 Å². The first-order valence-corrected chi connectivity index (χ1v) is 11.6. The molecule has 1 aliphatic carbocycles. The summed E-state index contributed by atoms with van der Waals surface area (Å²) in [4.78, 5) is 13.7. The van der Waals surface area contributed by atoms with Crippen LogP contribution in [-0.4, -0.2) is 44.0 Å². The molecule has 1 heterocycles. The van der Waals surface area contributed by atoms with Gasteiger partial charge in [0.25, 0.3) is 0 Å². The van der Waals surface area contributed by atoms with Gasteiger partial charge in [-0.15, -0.1) is 0 Å². The van der Waals surface area contributed by atoms with Crippen molar-refractivity contribution in [3.8, 4) is 11.5 Å². The van der Waals surface area contributed by atoms with Gasteiger partial charge >= 0.3 is 0 Å². The molecule has 0 radical (unpaired) electrons. The minimum absolute atomic E-state index is 0.400. The third-order valence-electron chi connectivity index (χ3n) is 6.73. The molecule has 2 aliphatic rings. The van der Waals surface area contributed by atoms with Crippen LogP contribution in [0.1, 0.15) is 82.8 Å². The molecule has 2 unspecified atom stereocenters. The van der Waals surface area contributed by atoms with E-state index in [9.17, 15) is 4.79 Å². The summed E-state index contributed by atoms with van der Waals surface area (Å²) in [5, 5.41) is 0. The van der Waals surface area contributed by atoms with Crippen molar-refractivity contribution in [1.82, 2.24) is 4.90 Å². The van der Waals surface area contributed by atoms with Crippen LogP contribution in [0.25, 0.3) is 0 Å². The molecule has 1 saturated carbocycles. The van der Waals surface area contributed by atoms with Gasteiger partial charge < -0.3 is 14.3 Å². The molecular weight excluding hydrogens is 374 g/mol. The van der Waals surface area contributed by atoms with Gasteiger partial charge in [-0.2, -0.15) is 0 Å². The van der Waals surface area contributed by atoms with Gasteiger partial charge in [0.15, 0.2) is 0 Å². The lowest BCUT2D eigenvalue weighted by Gasteiger charge is -2.30. The molecule has 0 amide bonds. The summed E-state index contributed by atoms with van der Waals surface area (Å²) in [5.74, 6) is 3.45. The quantitative estimate of drug-likeness (QED) is 0.364. The number of allylic oxidation sites excluding steroid dienone is 2. The maximum atomic E-state index is 11.3. The van der Waals surface area contributed by atoms with E-state index in [-0.39, 0.29) is 0 Å². The molecule has 4 nitrogen and oxygen atoms in total. The number of carbonyl (C=O) groups is 1. The smallest absolute Gasteiger partial charge is 0.133 e. The molecule has 0 aromatic heterocycles. The highest BCUT2D eigenvalue weighted by Crippen LogP contribution is 2.48. The van der Waals surface area contributed by atoms with Crippen LogP contribution in [-0.2, 0) is 4.79 Å². The molecular formula is C26H39NO3. The Labute approximate surface area is 182 Å². The highest BCUT2D eigenvalue weighted by Gasteiger charge is 2.35. The minimum atomic E-state index is 0.400. The average Bonchev–Trinajstić information content (AvgIpc) is 3.03. The Hall–Kier alpha value is -1.81. The number of carbonyl (C=O) groups excluding carboxylic acids is 1. The molecule has 0 spiro atoms. The Bertz CT molecular complexity index is 749. The Morgan fingerprint density at radius 1 is 1.23 bits per heavy atom. The summed E-state index contributed by atoms with van der Waals surface area (Å²) in [5.41, 5.74) is 3.90. The number of nitrogens with zero attached hydrogens (tertiary/aromatic N) is 1. The Kier molecular flexibility index (Phi) is 7.99. The topological polar surface area (TPSA) is 38.8 Å². The monoisotopic (exact) mass is 413 g/mol. The summed E-state index contributed by atoms with van der Waals surface area (Å²) in [7, 11) is 1.77. The number of methoxy groups -OCH3 is 1. The number of hydrogen-bond acceptors (Lipinski definition) is 4. The summed E-state index contributed by atoms with van der Waals surface area (Å²) in [6.07, 6.45) is 9.28. The largest absolute Gasteiger partial charge is 0.496 e. The fraction of sp³-hybridized carbons (Fsp3) is 0.654. The molecule has 1 saturated heterocycles. The number of ether oxygens (including phenoxy) is 2. The lowest BCUT2D eigenvalue weighted by atomic mass is 9.78. The van der Waals surface area contributed by atoms with Crippen molar-refractivity contribution in [2.24, 2.45) is 5.92 Å². The van der Waals surface area contributed by atoms with Gasteiger partial charge in [0.2, 0.25) is 0 Å². The summed E-state index contributed by atoms with van der Waals surface area (Å²) in [6, 6.07) is 4.92. The van der Waals surface area contributed by atoms with E-state index in [0.29, 0.717) is 36.9 Å². The van der Waals surface area contributed by atoms with E-state index >= 15 is 0 Å². The van der Waals surface area contributed by atoms with E-state index in [0.717, 1.165) is 37.2 Å². The molecule has 2 fully saturated rings. The molecule has 1 aromatic rings. The zero-order valence-corrected chi connectivity index (χ0v) is 19.4. The van der Waals surface area contributed by atoms with Crippen molar-refractivity contribution in [2.75, 3.05) is 26.8 Å². The highest BCUT2D eigenvalue weighted by molar-refractivity contribution is 5.53. The molecule has 166 valence electrons. The van der Waals surface area contributed by atoms with Crippen LogP contribution in [0.2, 0.25) is 0 Å². The number of aldehydes is 1. The Balaban J connectivity index is 1.85. The molecule has 3 rings (SSSR count). The number of rotatable bonds is 10. The first-order valence-electron chi connectivity index (χ1n) is 11.6. The van der Waals surface area contributed by atoms with E-state index in [1.165, 1.54) is 36.0 Å². The maximum absolute atomic E-state index is 11.3. The van der Waals surface area contributed by atoms with Crippen LogP contribution in [0.3, 0.4) is 0 Å². The van der Waals surface area contributed by atoms with Crippen molar-refractivity contribution < 1.29 is 14.3 Å². The molecule has 1 aromatic carbocycles. The molecule has 4 heteroatoms. The second kappa shape index (κ2) is 10.5. The molecule has 30 heavy (non-hydrogen) atoms. The second-order valence-corrected chi connectivity index (χ2v) is 9.36. The predicted octanol–water partition coefficient (Wildman–Crippen LogP) is 5.71. The van der Waals surface area contributed by atoms with Crippen molar-refractivity contribution in [1.29, 1.82) is 0 Å². The van der Waals surface area contributed by atoms with Gasteiger partial charge in [-0.1, -0.05) is 25.0 Å². The second-order valence-electron chi connectivity index (χ2n) is 9.36. The zero-order valence-electron chi connectivity index (χ0n) is 19.4. The number of likely N-dealkylation sites (tertiary alicyclic amines) is 1. The predicted molar refractivity (Wildman–Crippen MR) is 123 cm³/mol. The van der Waals surface area contributed by atoms with Gasteiger partial charge in [0.05, 0.1) is 20.3 Å². The third kappa shape index (κ3) is 5.26. The van der Waals surface area contributed by atoms with Crippen LogP contribution in [0.15, 0.2) is 23.8 Å². The molecule has 0 bridgehead atoms. The highest BCUT2D eigenvalue weighted by atomic mass is 16.5. The molecule has 3 atom stereocenters. The van der Waals surface area contributed by atoms with Gasteiger partial charge in [-0.05, 0) is 81.9 Å². The number of benzene rings is 1. The average molecular weight is 414 g/mol.